The maximum absolute atomic E-state index is 10.5. The van der Waals surface area contributed by atoms with Crippen LogP contribution in [0.25, 0.3) is 0 Å². The van der Waals surface area contributed by atoms with Crippen LogP contribution >= 0.6 is 10.9 Å². The van der Waals surface area contributed by atoms with Gasteiger partial charge in [0.05, 0.1) is 16.6 Å². The molecule has 0 aliphatic carbocycles. The molecule has 1 fully saturated rings. The van der Waals surface area contributed by atoms with E-state index >= 15 is 0 Å². The number of ether oxygens (including phenoxy) is 1. The topological polar surface area (TPSA) is 76.0 Å². The molecule has 0 aromatic carbocycles. The van der Waals surface area contributed by atoms with Crippen molar-refractivity contribution in [3.8, 4) is 0 Å². The van der Waals surface area contributed by atoms with Crippen molar-refractivity contribution in [1.82, 2.24) is 0 Å². The molecule has 0 amide bonds. The van der Waals surface area contributed by atoms with Gasteiger partial charge in [-0.05, 0) is 6.92 Å². The minimum Gasteiger partial charge on any atom is -0.459 e. The Balaban J connectivity index is 2.52. The lowest BCUT2D eigenvalue weighted by Crippen LogP contribution is -2.25. The van der Waals surface area contributed by atoms with Gasteiger partial charge in [-0.1, -0.05) is 0 Å². The van der Waals surface area contributed by atoms with E-state index in [0.717, 1.165) is 0 Å². The highest BCUT2D eigenvalue weighted by Crippen LogP contribution is 2.48. The van der Waals surface area contributed by atoms with Gasteiger partial charge >= 0.3 is 5.97 Å². The number of hydrogen-bond donors (Lipinski definition) is 2. The van der Waals surface area contributed by atoms with Gasteiger partial charge in [0, 0.05) is 6.92 Å². The van der Waals surface area contributed by atoms with Crippen LogP contribution in [0.15, 0.2) is 0 Å². The van der Waals surface area contributed by atoms with E-state index in [9.17, 15) is 4.79 Å². The SMILES string of the molecule is CC(=O)OC1CS(O)(O)OC1C. The van der Waals surface area contributed by atoms with Crippen molar-refractivity contribution in [3.63, 3.8) is 0 Å². The van der Waals surface area contributed by atoms with Gasteiger partial charge < -0.3 is 13.8 Å². The first-order chi connectivity index (χ1) is 5.41. The smallest absolute Gasteiger partial charge is 0.303 e. The van der Waals surface area contributed by atoms with Crippen LogP contribution in [0.2, 0.25) is 0 Å². The Labute approximate surface area is 72.2 Å². The van der Waals surface area contributed by atoms with E-state index in [1.54, 1.807) is 6.92 Å². The highest BCUT2D eigenvalue weighted by atomic mass is 32.3. The molecular formula is C6H12O5S. The van der Waals surface area contributed by atoms with Crippen molar-refractivity contribution in [3.05, 3.63) is 0 Å². The molecule has 72 valence electrons. The van der Waals surface area contributed by atoms with E-state index in [0.29, 0.717) is 0 Å². The zero-order valence-electron chi connectivity index (χ0n) is 6.89. The second-order valence-corrected chi connectivity index (χ2v) is 4.46. The van der Waals surface area contributed by atoms with Gasteiger partial charge in [-0.3, -0.25) is 8.98 Å². The van der Waals surface area contributed by atoms with Crippen molar-refractivity contribution in [2.24, 2.45) is 0 Å². The van der Waals surface area contributed by atoms with Crippen LogP contribution in [0.1, 0.15) is 13.8 Å². The molecule has 2 atom stereocenters. The molecular weight excluding hydrogens is 184 g/mol. The van der Waals surface area contributed by atoms with Gasteiger partial charge in [0.2, 0.25) is 0 Å². The van der Waals surface area contributed by atoms with Crippen LogP contribution in [0.4, 0.5) is 0 Å². The van der Waals surface area contributed by atoms with Crippen LogP contribution in [0, 0.1) is 0 Å². The third-order valence-electron chi connectivity index (χ3n) is 1.53. The maximum atomic E-state index is 10.5. The van der Waals surface area contributed by atoms with Crippen molar-refractivity contribution in [1.29, 1.82) is 0 Å². The molecule has 1 heterocycles. The molecule has 1 aliphatic rings. The summed E-state index contributed by atoms with van der Waals surface area (Å²) >= 11 is 0. The van der Waals surface area contributed by atoms with Crippen LogP contribution in [0.3, 0.4) is 0 Å². The lowest BCUT2D eigenvalue weighted by Gasteiger charge is -2.17. The molecule has 0 radical (unpaired) electrons. The van der Waals surface area contributed by atoms with Gasteiger partial charge in [0.1, 0.15) is 12.2 Å². The van der Waals surface area contributed by atoms with Crippen molar-refractivity contribution in [2.75, 3.05) is 5.75 Å². The Morgan fingerprint density at radius 2 is 2.25 bits per heavy atom. The second-order valence-electron chi connectivity index (χ2n) is 2.72. The summed E-state index contributed by atoms with van der Waals surface area (Å²) < 4.78 is 27.7. The van der Waals surface area contributed by atoms with Crippen molar-refractivity contribution in [2.45, 2.75) is 26.1 Å². The Hall–Kier alpha value is -0.300. The standard InChI is InChI=1S/C6H12O5S/c1-4-6(10-5(2)7)3-12(8,9)11-4/h4,6,8-9H,3H2,1-2H3. The van der Waals surface area contributed by atoms with E-state index in [1.807, 2.05) is 0 Å². The number of esters is 1. The third kappa shape index (κ3) is 2.34. The van der Waals surface area contributed by atoms with E-state index in [4.69, 9.17) is 18.0 Å². The fourth-order valence-electron chi connectivity index (χ4n) is 1.04. The summed E-state index contributed by atoms with van der Waals surface area (Å²) in [5.74, 6) is -0.458. The lowest BCUT2D eigenvalue weighted by atomic mass is 10.3. The van der Waals surface area contributed by atoms with E-state index in [1.165, 1.54) is 6.92 Å². The summed E-state index contributed by atoms with van der Waals surface area (Å²) in [4.78, 5) is 10.5. The minimum absolute atomic E-state index is 0.0201. The fraction of sp³-hybridized carbons (Fsp3) is 0.833. The minimum atomic E-state index is -2.97. The molecule has 0 aromatic heterocycles. The molecule has 1 saturated heterocycles. The summed E-state index contributed by atoms with van der Waals surface area (Å²) in [6.45, 7) is 2.91. The third-order valence-corrected chi connectivity index (χ3v) is 2.90. The first-order valence-electron chi connectivity index (χ1n) is 3.52. The molecule has 0 bridgehead atoms. The average molecular weight is 196 g/mol. The van der Waals surface area contributed by atoms with Gasteiger partial charge in [0.15, 0.2) is 0 Å². The molecule has 0 aromatic rings. The van der Waals surface area contributed by atoms with Crippen LogP contribution in [-0.4, -0.2) is 33.0 Å². The molecule has 5 nitrogen and oxygen atoms in total. The number of carbonyl (C=O) groups is 1. The molecule has 2 N–H and O–H groups in total. The second kappa shape index (κ2) is 3.21. The monoisotopic (exact) mass is 196 g/mol. The first kappa shape index (κ1) is 9.79. The molecule has 12 heavy (non-hydrogen) atoms. The quantitative estimate of drug-likeness (QED) is 0.612. The zero-order valence-corrected chi connectivity index (χ0v) is 7.71. The largest absolute Gasteiger partial charge is 0.459 e. The molecule has 0 saturated carbocycles. The van der Waals surface area contributed by atoms with Crippen LogP contribution < -0.4 is 0 Å². The first-order valence-corrected chi connectivity index (χ1v) is 5.16. The van der Waals surface area contributed by atoms with Crippen LogP contribution in [-0.2, 0) is 13.7 Å². The Bertz CT molecular complexity index is 192. The van der Waals surface area contributed by atoms with Crippen LogP contribution in [0.5, 0.6) is 0 Å². The zero-order chi connectivity index (χ0) is 9.35. The van der Waals surface area contributed by atoms with Gasteiger partial charge in [0.25, 0.3) is 0 Å². The summed E-state index contributed by atoms with van der Waals surface area (Å²) in [6, 6.07) is 0. The fourth-order valence-corrected chi connectivity index (χ4v) is 2.49. The Morgan fingerprint density at radius 1 is 1.67 bits per heavy atom. The summed E-state index contributed by atoms with van der Waals surface area (Å²) in [5.41, 5.74) is 0. The normalized spacial score (nSPS) is 36.0. The van der Waals surface area contributed by atoms with E-state index in [2.05, 4.69) is 0 Å². The average Bonchev–Trinajstić information content (AvgIpc) is 2.03. The van der Waals surface area contributed by atoms with E-state index in [-0.39, 0.29) is 5.75 Å². The summed E-state index contributed by atoms with van der Waals surface area (Å²) in [6.07, 6.45) is -0.980. The van der Waals surface area contributed by atoms with Gasteiger partial charge in [-0.15, -0.1) is 0 Å². The number of hydrogen-bond acceptors (Lipinski definition) is 5. The van der Waals surface area contributed by atoms with Crippen molar-refractivity contribution >= 4 is 16.8 Å². The summed E-state index contributed by atoms with van der Waals surface area (Å²) in [5, 5.41) is 0. The summed E-state index contributed by atoms with van der Waals surface area (Å²) in [7, 11) is -2.97. The predicted molar refractivity (Wildman–Crippen MR) is 43.8 cm³/mol. The van der Waals surface area contributed by atoms with E-state index < -0.39 is 29.0 Å². The molecule has 1 rings (SSSR count). The predicted octanol–water partition coefficient (Wildman–Crippen LogP) is 1.00. The molecule has 2 unspecified atom stereocenters. The van der Waals surface area contributed by atoms with Gasteiger partial charge in [-0.2, -0.15) is 0 Å². The Morgan fingerprint density at radius 3 is 2.58 bits per heavy atom. The highest BCUT2D eigenvalue weighted by Gasteiger charge is 2.40. The maximum Gasteiger partial charge on any atom is 0.303 e. The molecule has 1 aliphatic heterocycles. The lowest BCUT2D eigenvalue weighted by molar-refractivity contribution is -0.147. The number of carbonyl (C=O) groups excluding carboxylic acids is 1. The molecule has 0 spiro atoms. The van der Waals surface area contributed by atoms with Crippen molar-refractivity contribution < 1.29 is 22.8 Å². The molecule has 6 heteroatoms. The highest BCUT2D eigenvalue weighted by molar-refractivity contribution is 8.20. The van der Waals surface area contributed by atoms with Gasteiger partial charge in [-0.25, -0.2) is 0 Å². The Kier molecular flexibility index (Phi) is 2.62. The number of rotatable bonds is 1.